The second-order valence-electron chi connectivity index (χ2n) is 4.61. The number of rotatable bonds is 0. The Kier molecular flexibility index (Phi) is 3.54. The Morgan fingerprint density at radius 2 is 1.71 bits per heavy atom. The average Bonchev–Trinajstić information content (AvgIpc) is 2.44. The molecule has 6 heteroatoms. The minimum absolute atomic E-state index is 0.0219. The monoisotopic (exact) mass is 286 g/mol. The molecule has 1 aromatic carbocycles. The van der Waals surface area contributed by atoms with Crippen LogP contribution < -0.4 is 11.5 Å². The molecule has 21 heavy (non-hydrogen) atoms. The molecular weight excluding hydrogens is 272 g/mol. The largest absolute Gasteiger partial charge is 0.512 e. The number of phenolic OH excluding ortho intramolecular Hbond substituents is 1. The SMILES string of the molecule is C=C1C(=O)c2c(O)ccc(N)c2C(=O)C/C(O)=C\C=C1N. The molecule has 1 aliphatic carbocycles. The number of ketones is 2. The van der Waals surface area contributed by atoms with E-state index < -0.39 is 17.3 Å². The molecule has 1 aliphatic rings. The van der Waals surface area contributed by atoms with Crippen LogP contribution in [0.1, 0.15) is 27.1 Å². The maximum absolute atomic E-state index is 12.4. The van der Waals surface area contributed by atoms with Gasteiger partial charge in [0.15, 0.2) is 11.6 Å². The van der Waals surface area contributed by atoms with Crippen molar-refractivity contribution < 1.29 is 19.8 Å². The summed E-state index contributed by atoms with van der Waals surface area (Å²) in [6, 6.07) is 2.53. The van der Waals surface area contributed by atoms with Gasteiger partial charge in [-0.2, -0.15) is 0 Å². The molecule has 0 bridgehead atoms. The van der Waals surface area contributed by atoms with E-state index in [2.05, 4.69) is 6.58 Å². The number of phenols is 1. The molecule has 0 aromatic heterocycles. The van der Waals surface area contributed by atoms with Crippen molar-refractivity contribution in [3.05, 3.63) is 59.0 Å². The van der Waals surface area contributed by atoms with E-state index in [9.17, 15) is 19.8 Å². The van der Waals surface area contributed by atoms with Crippen LogP contribution in [0.5, 0.6) is 5.75 Å². The number of anilines is 1. The Morgan fingerprint density at radius 3 is 2.38 bits per heavy atom. The fraction of sp³-hybridized carbons (Fsp3) is 0.0667. The van der Waals surface area contributed by atoms with E-state index in [0.717, 1.165) is 0 Å². The van der Waals surface area contributed by atoms with E-state index in [1.807, 2.05) is 0 Å². The number of Topliss-reactive ketones (excluding diaryl/α,β-unsaturated/α-hetero) is 2. The molecule has 108 valence electrons. The van der Waals surface area contributed by atoms with Gasteiger partial charge in [-0.3, -0.25) is 9.59 Å². The highest BCUT2D eigenvalue weighted by atomic mass is 16.3. The quantitative estimate of drug-likeness (QED) is 0.326. The summed E-state index contributed by atoms with van der Waals surface area (Å²) >= 11 is 0. The molecule has 0 spiro atoms. The third kappa shape index (κ3) is 2.51. The first-order valence-electron chi connectivity index (χ1n) is 6.06. The van der Waals surface area contributed by atoms with Gasteiger partial charge in [-0.15, -0.1) is 0 Å². The second kappa shape index (κ2) is 5.16. The molecule has 1 aromatic rings. The fourth-order valence-electron chi connectivity index (χ4n) is 2.02. The summed E-state index contributed by atoms with van der Waals surface area (Å²) < 4.78 is 0. The lowest BCUT2D eigenvalue weighted by molar-refractivity contribution is 0.0963. The first-order chi connectivity index (χ1) is 9.82. The maximum Gasteiger partial charge on any atom is 0.199 e. The van der Waals surface area contributed by atoms with Crippen LogP contribution in [0.4, 0.5) is 5.69 Å². The van der Waals surface area contributed by atoms with Crippen LogP contribution in [-0.4, -0.2) is 21.8 Å². The van der Waals surface area contributed by atoms with Gasteiger partial charge in [-0.25, -0.2) is 0 Å². The number of aliphatic hydroxyl groups is 1. The number of hydrogen-bond acceptors (Lipinski definition) is 6. The zero-order chi connectivity index (χ0) is 15.7. The van der Waals surface area contributed by atoms with Gasteiger partial charge in [0.05, 0.1) is 17.5 Å². The molecule has 0 saturated carbocycles. The lowest BCUT2D eigenvalue weighted by atomic mass is 9.91. The molecule has 0 amide bonds. The van der Waals surface area contributed by atoms with E-state index in [1.165, 1.54) is 24.3 Å². The Bertz CT molecular complexity index is 729. The van der Waals surface area contributed by atoms with Gasteiger partial charge in [0.1, 0.15) is 11.5 Å². The molecule has 0 aliphatic heterocycles. The topological polar surface area (TPSA) is 127 Å². The van der Waals surface area contributed by atoms with Crippen LogP contribution in [0.3, 0.4) is 0 Å². The first kappa shape index (κ1) is 14.4. The zero-order valence-corrected chi connectivity index (χ0v) is 11.1. The summed E-state index contributed by atoms with van der Waals surface area (Å²) in [5.74, 6) is -1.90. The number of benzene rings is 1. The van der Waals surface area contributed by atoms with Gasteiger partial charge in [-0.1, -0.05) is 6.58 Å². The smallest absolute Gasteiger partial charge is 0.199 e. The number of allylic oxidation sites excluding steroid dienone is 4. The molecule has 6 nitrogen and oxygen atoms in total. The highest BCUT2D eigenvalue weighted by Gasteiger charge is 2.27. The van der Waals surface area contributed by atoms with E-state index in [1.54, 1.807) is 0 Å². The number of carbonyl (C=O) groups excluding carboxylic acids is 2. The summed E-state index contributed by atoms with van der Waals surface area (Å²) in [4.78, 5) is 24.6. The molecule has 0 heterocycles. The fourth-order valence-corrected chi connectivity index (χ4v) is 2.02. The van der Waals surface area contributed by atoms with E-state index in [4.69, 9.17) is 11.5 Å². The number of aliphatic hydroxyl groups excluding tert-OH is 1. The van der Waals surface area contributed by atoms with Crippen molar-refractivity contribution in [1.82, 2.24) is 0 Å². The lowest BCUT2D eigenvalue weighted by Gasteiger charge is -2.15. The van der Waals surface area contributed by atoms with Crippen LogP contribution >= 0.6 is 0 Å². The number of fused-ring (bicyclic) bond motifs is 1. The lowest BCUT2D eigenvalue weighted by Crippen LogP contribution is -2.17. The van der Waals surface area contributed by atoms with Crippen molar-refractivity contribution in [3.63, 3.8) is 0 Å². The Labute approximate surface area is 120 Å². The summed E-state index contributed by atoms with van der Waals surface area (Å²) in [5, 5.41) is 19.6. The highest BCUT2D eigenvalue weighted by molar-refractivity contribution is 6.20. The number of hydrogen-bond donors (Lipinski definition) is 4. The second-order valence-corrected chi connectivity index (χ2v) is 4.61. The third-order valence-electron chi connectivity index (χ3n) is 3.14. The zero-order valence-electron chi connectivity index (χ0n) is 11.1. The molecule has 0 fully saturated rings. The molecule has 2 rings (SSSR count). The number of nitrogen functional groups attached to an aromatic ring is 1. The van der Waals surface area contributed by atoms with Crippen LogP contribution in [0, 0.1) is 0 Å². The van der Waals surface area contributed by atoms with Crippen LogP contribution in [0.25, 0.3) is 0 Å². The number of nitrogens with two attached hydrogens (primary N) is 2. The van der Waals surface area contributed by atoms with Crippen molar-refractivity contribution >= 4 is 17.3 Å². The van der Waals surface area contributed by atoms with Gasteiger partial charge in [0.25, 0.3) is 0 Å². The van der Waals surface area contributed by atoms with Crippen molar-refractivity contribution in [3.8, 4) is 5.75 Å². The van der Waals surface area contributed by atoms with Gasteiger partial charge >= 0.3 is 0 Å². The van der Waals surface area contributed by atoms with Crippen molar-refractivity contribution in [1.29, 1.82) is 0 Å². The normalized spacial score (nSPS) is 18.6. The predicted octanol–water partition coefficient (Wildman–Crippen LogP) is 1.58. The molecule has 0 unspecified atom stereocenters. The third-order valence-corrected chi connectivity index (χ3v) is 3.14. The summed E-state index contributed by atoms with van der Waals surface area (Å²) in [7, 11) is 0. The Hall–Kier alpha value is -3.02. The minimum atomic E-state index is -0.688. The molecular formula is C15H14N2O4. The maximum atomic E-state index is 12.4. The minimum Gasteiger partial charge on any atom is -0.512 e. The van der Waals surface area contributed by atoms with Gasteiger partial charge in [0, 0.05) is 17.0 Å². The molecule has 0 saturated heterocycles. The Balaban J connectivity index is 2.79. The molecule has 6 N–H and O–H groups in total. The summed E-state index contributed by atoms with van der Waals surface area (Å²) in [6.07, 6.45) is 2.14. The standard InChI is InChI=1S/C15H14N2O4/c1-7-9(16)3-2-8(18)6-12(20)13-10(17)4-5-11(19)14(13)15(7)21/h2-5,18-19H,1,6,16-17H2/b8-2+,9-3?. The summed E-state index contributed by atoms with van der Waals surface area (Å²) in [5.41, 5.74) is 11.0. The van der Waals surface area contributed by atoms with Crippen molar-refractivity contribution in [2.24, 2.45) is 5.73 Å². The van der Waals surface area contributed by atoms with Gasteiger partial charge in [0.2, 0.25) is 0 Å². The van der Waals surface area contributed by atoms with E-state index >= 15 is 0 Å². The Morgan fingerprint density at radius 1 is 1.05 bits per heavy atom. The average molecular weight is 286 g/mol. The van der Waals surface area contributed by atoms with E-state index in [0.29, 0.717) is 0 Å². The molecule has 0 atom stereocenters. The first-order valence-corrected chi connectivity index (χ1v) is 6.06. The molecule has 0 radical (unpaired) electrons. The van der Waals surface area contributed by atoms with Crippen LogP contribution in [-0.2, 0) is 0 Å². The highest BCUT2D eigenvalue weighted by Crippen LogP contribution is 2.31. The van der Waals surface area contributed by atoms with Gasteiger partial charge < -0.3 is 21.7 Å². The van der Waals surface area contributed by atoms with Crippen LogP contribution in [0.15, 0.2) is 47.9 Å². The number of aromatic hydroxyl groups is 1. The van der Waals surface area contributed by atoms with E-state index in [-0.39, 0.29) is 40.3 Å². The summed E-state index contributed by atoms with van der Waals surface area (Å²) in [6.45, 7) is 3.55. The van der Waals surface area contributed by atoms with Gasteiger partial charge in [-0.05, 0) is 24.3 Å². The predicted molar refractivity (Wildman–Crippen MR) is 77.9 cm³/mol. The van der Waals surface area contributed by atoms with Crippen LogP contribution in [0.2, 0.25) is 0 Å². The number of carbonyl (C=O) groups is 2. The van der Waals surface area contributed by atoms with Crippen molar-refractivity contribution in [2.75, 3.05) is 5.73 Å². The van der Waals surface area contributed by atoms with Crippen molar-refractivity contribution in [2.45, 2.75) is 6.42 Å².